The number of ketones is 1. The van der Waals surface area contributed by atoms with E-state index in [1.807, 2.05) is 43.3 Å². The molecule has 1 atom stereocenters. The molecule has 7 nitrogen and oxygen atoms in total. The largest absolute Gasteiger partial charge is 0.464 e. The van der Waals surface area contributed by atoms with Crippen molar-refractivity contribution in [2.24, 2.45) is 5.41 Å². The minimum atomic E-state index is -0.587. The van der Waals surface area contributed by atoms with Crippen LogP contribution in [0.25, 0.3) is 16.9 Å². The Bertz CT molecular complexity index is 1400. The number of ether oxygens (including phenoxy) is 1. The van der Waals surface area contributed by atoms with Gasteiger partial charge in [-0.3, -0.25) is 9.36 Å². The number of imidazole rings is 1. The summed E-state index contributed by atoms with van der Waals surface area (Å²) in [6.07, 6.45) is 7.09. The zero-order valence-electron chi connectivity index (χ0n) is 22.5. The number of pyridine rings is 1. The first-order valence-corrected chi connectivity index (χ1v) is 14.3. The molecule has 1 spiro atoms. The van der Waals surface area contributed by atoms with Gasteiger partial charge in [-0.05, 0) is 65.5 Å². The lowest BCUT2D eigenvalue weighted by Crippen LogP contribution is -2.53. The first kappa shape index (κ1) is 26.6. The van der Waals surface area contributed by atoms with Gasteiger partial charge in [-0.2, -0.15) is 0 Å². The van der Waals surface area contributed by atoms with Gasteiger partial charge in [0.15, 0.2) is 11.4 Å². The maximum atomic E-state index is 13.0. The van der Waals surface area contributed by atoms with Crippen LogP contribution in [0.2, 0.25) is 0 Å². The summed E-state index contributed by atoms with van der Waals surface area (Å²) in [5.74, 6) is 0.784. The summed E-state index contributed by atoms with van der Waals surface area (Å²) in [6, 6.07) is 11.5. The van der Waals surface area contributed by atoms with E-state index in [1.54, 1.807) is 6.20 Å². The zero-order chi connectivity index (χ0) is 27.1. The Hall–Kier alpha value is -3.00. The number of benzene rings is 1. The second-order valence-corrected chi connectivity index (χ2v) is 12.1. The summed E-state index contributed by atoms with van der Waals surface area (Å²) in [6.45, 7) is 8.55. The Morgan fingerprint density at radius 2 is 1.87 bits per heavy atom. The molecule has 3 aromatic rings. The second-order valence-electron chi connectivity index (χ2n) is 11.3. The molecule has 8 heteroatoms. The van der Waals surface area contributed by atoms with Crippen LogP contribution in [0, 0.1) is 5.41 Å². The lowest BCUT2D eigenvalue weighted by atomic mass is 9.62. The Labute approximate surface area is 232 Å². The summed E-state index contributed by atoms with van der Waals surface area (Å²) in [4.78, 5) is 35.3. The van der Waals surface area contributed by atoms with Crippen LogP contribution < -0.4 is 5.32 Å². The number of rotatable bonds is 7. The molecule has 1 N–H and O–H groups in total. The number of hydrogen-bond donors (Lipinski definition) is 1. The van der Waals surface area contributed by atoms with Crippen LogP contribution in [0.15, 0.2) is 52.8 Å². The zero-order valence-corrected chi connectivity index (χ0v) is 24.1. The predicted octanol–water partition coefficient (Wildman–Crippen LogP) is 5.92. The fourth-order valence-corrected chi connectivity index (χ4v) is 6.58. The molecule has 0 bridgehead atoms. The highest BCUT2D eigenvalue weighted by Gasteiger charge is 2.53. The first-order valence-electron chi connectivity index (χ1n) is 13.5. The Balaban J connectivity index is 1.43. The van der Waals surface area contributed by atoms with E-state index < -0.39 is 11.5 Å². The van der Waals surface area contributed by atoms with Crippen LogP contribution in [0.3, 0.4) is 0 Å². The molecule has 5 rings (SSSR count). The molecule has 1 aromatic carbocycles. The van der Waals surface area contributed by atoms with Gasteiger partial charge in [0.2, 0.25) is 0 Å². The van der Waals surface area contributed by atoms with Crippen LogP contribution in [0.4, 0.5) is 0 Å². The summed E-state index contributed by atoms with van der Waals surface area (Å²) in [7, 11) is 0. The van der Waals surface area contributed by atoms with Gasteiger partial charge in [0, 0.05) is 29.4 Å². The van der Waals surface area contributed by atoms with E-state index >= 15 is 0 Å². The molecule has 0 saturated heterocycles. The van der Waals surface area contributed by atoms with Gasteiger partial charge in [0.1, 0.15) is 17.4 Å². The number of carbonyl (C=O) groups is 2. The van der Waals surface area contributed by atoms with E-state index in [4.69, 9.17) is 9.72 Å². The number of aromatic nitrogens is 3. The number of halogens is 1. The highest BCUT2D eigenvalue weighted by molar-refractivity contribution is 9.12. The molecule has 1 saturated carbocycles. The van der Waals surface area contributed by atoms with Gasteiger partial charge in [-0.15, -0.1) is 0 Å². The van der Waals surface area contributed by atoms with E-state index in [0.717, 1.165) is 66.0 Å². The average molecular weight is 580 g/mol. The minimum Gasteiger partial charge on any atom is -0.464 e. The third-order valence-corrected chi connectivity index (χ3v) is 8.41. The summed E-state index contributed by atoms with van der Waals surface area (Å²) < 4.78 is 8.10. The van der Waals surface area contributed by atoms with Gasteiger partial charge >= 0.3 is 5.97 Å². The molecule has 0 radical (unpaired) electrons. The van der Waals surface area contributed by atoms with Crippen LogP contribution in [-0.2, 0) is 26.2 Å². The van der Waals surface area contributed by atoms with Gasteiger partial charge in [0.25, 0.3) is 0 Å². The summed E-state index contributed by atoms with van der Waals surface area (Å²) >= 11 is 3.48. The Morgan fingerprint density at radius 3 is 2.53 bits per heavy atom. The minimum absolute atomic E-state index is 0.155. The fourth-order valence-electron chi connectivity index (χ4n) is 5.71. The third-order valence-electron chi connectivity index (χ3n) is 7.65. The molecule has 0 aliphatic heterocycles. The molecule has 1 fully saturated rings. The Morgan fingerprint density at radius 1 is 1.16 bits per heavy atom. The summed E-state index contributed by atoms with van der Waals surface area (Å²) in [5.41, 5.74) is 3.85. The number of nitrogens with zero attached hydrogens (tertiary/aromatic N) is 3. The van der Waals surface area contributed by atoms with Crippen LogP contribution >= 0.6 is 15.9 Å². The number of esters is 1. The molecule has 38 heavy (non-hydrogen) atoms. The number of fused-ring (bicyclic) bond motifs is 1. The van der Waals surface area contributed by atoms with Crippen molar-refractivity contribution < 1.29 is 14.3 Å². The number of carbonyl (C=O) groups excluding carboxylic acids is 2. The SMILES string of the molecule is CCOC(=O)[C@H](Cc1ccc(-n2c(C(C)(C)C)nc3cccnc32)cc1)NC1=C(Br)C(=O)C12CCCCC2. The normalized spacial score (nSPS) is 18.0. The summed E-state index contributed by atoms with van der Waals surface area (Å²) in [5, 5.41) is 3.43. The number of hydrogen-bond acceptors (Lipinski definition) is 6. The van der Waals surface area contributed by atoms with E-state index in [9.17, 15) is 9.59 Å². The van der Waals surface area contributed by atoms with Gasteiger partial charge in [-0.25, -0.2) is 14.8 Å². The first-order chi connectivity index (χ1) is 18.2. The van der Waals surface area contributed by atoms with Crippen molar-refractivity contribution in [2.75, 3.05) is 6.61 Å². The smallest absolute Gasteiger partial charge is 0.328 e. The highest BCUT2D eigenvalue weighted by atomic mass is 79.9. The Kier molecular flexibility index (Phi) is 7.20. The fraction of sp³-hybridized carbons (Fsp3) is 0.467. The van der Waals surface area contributed by atoms with Crippen LogP contribution in [0.1, 0.15) is 71.2 Å². The predicted molar refractivity (Wildman–Crippen MR) is 151 cm³/mol. The monoisotopic (exact) mass is 578 g/mol. The molecule has 0 unspecified atom stereocenters. The molecule has 2 aliphatic rings. The lowest BCUT2D eigenvalue weighted by Gasteiger charge is -2.46. The van der Waals surface area contributed by atoms with E-state index in [2.05, 4.69) is 51.6 Å². The highest BCUT2D eigenvalue weighted by Crippen LogP contribution is 2.53. The third kappa shape index (κ3) is 4.68. The van der Waals surface area contributed by atoms with Crippen molar-refractivity contribution in [3.05, 3.63) is 64.2 Å². The van der Waals surface area contributed by atoms with Crippen molar-refractivity contribution in [2.45, 2.75) is 77.7 Å². The molecule has 200 valence electrons. The van der Waals surface area contributed by atoms with Gasteiger partial charge in [-0.1, -0.05) is 52.2 Å². The van der Waals surface area contributed by atoms with Gasteiger partial charge < -0.3 is 10.1 Å². The van der Waals surface area contributed by atoms with Crippen molar-refractivity contribution in [1.29, 1.82) is 0 Å². The standard InChI is InChI=1S/C30H35BrN4O3/c1-5-38-27(37)22(33-24-23(31)25(36)30(24)15-7-6-8-16-30)18-19-11-13-20(14-12-19)35-26-21(10-9-17-32-26)34-28(35)29(2,3)4/h9-14,17,22,33H,5-8,15-16,18H2,1-4H3/t22-/m0/s1. The van der Waals surface area contributed by atoms with Crippen LogP contribution in [0.5, 0.6) is 0 Å². The number of Topliss-reactive ketones (excluding diaryl/α,β-unsaturated/α-hetero) is 1. The molecular formula is C30H35BrN4O3. The van der Waals surface area contributed by atoms with E-state index in [0.29, 0.717) is 17.5 Å². The van der Waals surface area contributed by atoms with Crippen molar-refractivity contribution >= 4 is 38.8 Å². The van der Waals surface area contributed by atoms with Crippen LogP contribution in [-0.4, -0.2) is 38.9 Å². The number of nitrogens with one attached hydrogen (secondary N) is 1. The second kappa shape index (κ2) is 10.3. The quantitative estimate of drug-likeness (QED) is 0.350. The molecule has 2 aliphatic carbocycles. The molecular weight excluding hydrogens is 544 g/mol. The maximum Gasteiger partial charge on any atom is 0.328 e. The lowest BCUT2D eigenvalue weighted by molar-refractivity contribution is -0.146. The number of allylic oxidation sites excluding steroid dienone is 2. The molecule has 2 heterocycles. The van der Waals surface area contributed by atoms with Crippen molar-refractivity contribution in [1.82, 2.24) is 19.9 Å². The van der Waals surface area contributed by atoms with Gasteiger partial charge in [0.05, 0.1) is 16.5 Å². The topological polar surface area (TPSA) is 86.1 Å². The van der Waals surface area contributed by atoms with E-state index in [-0.39, 0.29) is 17.2 Å². The van der Waals surface area contributed by atoms with Crippen molar-refractivity contribution in [3.8, 4) is 5.69 Å². The molecule has 0 amide bonds. The average Bonchev–Trinajstić information content (AvgIpc) is 3.32. The van der Waals surface area contributed by atoms with E-state index in [1.165, 1.54) is 0 Å². The maximum absolute atomic E-state index is 13.0. The van der Waals surface area contributed by atoms with Crippen molar-refractivity contribution in [3.63, 3.8) is 0 Å². The molecule has 2 aromatic heterocycles.